The molecular weight excluding hydrogens is 322 g/mol. The van der Waals surface area contributed by atoms with E-state index in [0.717, 1.165) is 11.3 Å². The number of carbonyl (C=O) groups is 1. The third-order valence-corrected chi connectivity index (χ3v) is 5.44. The second-order valence-corrected chi connectivity index (χ2v) is 8.83. The summed E-state index contributed by atoms with van der Waals surface area (Å²) in [5, 5.41) is 2.84. The lowest BCUT2D eigenvalue weighted by molar-refractivity contribution is -0.115. The summed E-state index contributed by atoms with van der Waals surface area (Å²) in [6, 6.07) is 15.8. The molecule has 2 aromatic rings. The first-order chi connectivity index (χ1) is 11.2. The fourth-order valence-corrected chi connectivity index (χ4v) is 3.69. The molecular formula is C19H23NO3S. The highest BCUT2D eigenvalue weighted by atomic mass is 32.2. The van der Waals surface area contributed by atoms with Crippen LogP contribution in [0.3, 0.4) is 0 Å². The van der Waals surface area contributed by atoms with Crippen LogP contribution in [-0.2, 0) is 20.0 Å². The molecule has 128 valence electrons. The number of anilines is 1. The minimum Gasteiger partial charge on any atom is -0.326 e. The van der Waals surface area contributed by atoms with Crippen molar-refractivity contribution >= 4 is 21.4 Å². The molecule has 0 heterocycles. The van der Waals surface area contributed by atoms with Crippen LogP contribution in [0.4, 0.5) is 5.69 Å². The quantitative estimate of drug-likeness (QED) is 0.897. The van der Waals surface area contributed by atoms with Crippen molar-refractivity contribution in [3.05, 3.63) is 60.2 Å². The second kappa shape index (κ2) is 7.18. The Bertz CT molecular complexity index is 806. The predicted octanol–water partition coefficient (Wildman–Crippen LogP) is 3.79. The summed E-state index contributed by atoms with van der Waals surface area (Å²) in [6.45, 7) is 6.20. The molecule has 0 fully saturated rings. The van der Waals surface area contributed by atoms with Crippen LogP contribution < -0.4 is 5.32 Å². The molecule has 2 rings (SSSR count). The van der Waals surface area contributed by atoms with Gasteiger partial charge < -0.3 is 5.32 Å². The predicted molar refractivity (Wildman–Crippen MR) is 96.9 cm³/mol. The zero-order valence-corrected chi connectivity index (χ0v) is 15.1. The zero-order valence-electron chi connectivity index (χ0n) is 14.2. The lowest BCUT2D eigenvalue weighted by atomic mass is 9.86. The number of hydrogen-bond acceptors (Lipinski definition) is 3. The van der Waals surface area contributed by atoms with Crippen LogP contribution >= 0.6 is 0 Å². The Kier molecular flexibility index (Phi) is 5.44. The summed E-state index contributed by atoms with van der Waals surface area (Å²) >= 11 is 0. The maximum atomic E-state index is 12.2. The fourth-order valence-electron chi connectivity index (χ4n) is 2.43. The minimum atomic E-state index is -3.45. The first kappa shape index (κ1) is 18.2. The number of benzene rings is 2. The first-order valence-corrected chi connectivity index (χ1v) is 9.52. The van der Waals surface area contributed by atoms with Gasteiger partial charge in [-0.3, -0.25) is 4.79 Å². The van der Waals surface area contributed by atoms with Crippen molar-refractivity contribution in [3.8, 4) is 0 Å². The van der Waals surface area contributed by atoms with Crippen LogP contribution in [0.15, 0.2) is 59.5 Å². The number of para-hydroxylation sites is 1. The van der Waals surface area contributed by atoms with Crippen molar-refractivity contribution in [2.45, 2.75) is 37.5 Å². The molecule has 0 aromatic heterocycles. The van der Waals surface area contributed by atoms with E-state index in [4.69, 9.17) is 0 Å². The molecule has 4 nitrogen and oxygen atoms in total. The van der Waals surface area contributed by atoms with Crippen molar-refractivity contribution in [1.29, 1.82) is 0 Å². The molecule has 0 radical (unpaired) electrons. The standard InChI is InChI=1S/C19H23NO3S/c1-19(2,3)16-11-7-8-12-17(16)20-18(21)13-14-24(22,23)15-9-5-4-6-10-15/h4-12H,13-14H2,1-3H3,(H,20,21). The van der Waals surface area contributed by atoms with E-state index in [1.165, 1.54) is 0 Å². The van der Waals surface area contributed by atoms with Gasteiger partial charge in [0.05, 0.1) is 10.6 Å². The van der Waals surface area contributed by atoms with E-state index < -0.39 is 9.84 Å². The number of rotatable bonds is 5. The Balaban J connectivity index is 2.05. The second-order valence-electron chi connectivity index (χ2n) is 6.73. The highest BCUT2D eigenvalue weighted by Gasteiger charge is 2.20. The molecule has 24 heavy (non-hydrogen) atoms. The maximum Gasteiger partial charge on any atom is 0.225 e. The van der Waals surface area contributed by atoms with Gasteiger partial charge in [0.15, 0.2) is 9.84 Å². The summed E-state index contributed by atoms with van der Waals surface area (Å²) in [5.41, 5.74) is 1.64. The van der Waals surface area contributed by atoms with Gasteiger partial charge in [0.2, 0.25) is 5.91 Å². The maximum absolute atomic E-state index is 12.2. The topological polar surface area (TPSA) is 63.2 Å². The third-order valence-electron chi connectivity index (χ3n) is 3.71. The molecule has 0 aliphatic heterocycles. The van der Waals surface area contributed by atoms with Gasteiger partial charge in [0.25, 0.3) is 0 Å². The fraction of sp³-hybridized carbons (Fsp3) is 0.316. The molecule has 2 aromatic carbocycles. The average molecular weight is 345 g/mol. The van der Waals surface area contributed by atoms with Crippen molar-refractivity contribution in [2.24, 2.45) is 0 Å². The largest absolute Gasteiger partial charge is 0.326 e. The van der Waals surface area contributed by atoms with Gasteiger partial charge in [-0.15, -0.1) is 0 Å². The van der Waals surface area contributed by atoms with Crippen molar-refractivity contribution in [1.82, 2.24) is 0 Å². The molecule has 0 saturated carbocycles. The van der Waals surface area contributed by atoms with E-state index in [2.05, 4.69) is 26.1 Å². The third kappa shape index (κ3) is 4.68. The van der Waals surface area contributed by atoms with Gasteiger partial charge in [-0.25, -0.2) is 8.42 Å². The average Bonchev–Trinajstić information content (AvgIpc) is 2.53. The molecule has 0 unspecified atom stereocenters. The Morgan fingerprint density at radius 1 is 0.958 bits per heavy atom. The van der Waals surface area contributed by atoms with E-state index >= 15 is 0 Å². The number of hydrogen-bond donors (Lipinski definition) is 1. The van der Waals surface area contributed by atoms with Crippen molar-refractivity contribution < 1.29 is 13.2 Å². The first-order valence-electron chi connectivity index (χ1n) is 7.87. The summed E-state index contributed by atoms with van der Waals surface area (Å²) in [5.74, 6) is -0.508. The Labute approximate surface area is 143 Å². The monoisotopic (exact) mass is 345 g/mol. The summed E-state index contributed by atoms with van der Waals surface area (Å²) < 4.78 is 24.5. The van der Waals surface area contributed by atoms with Crippen LogP contribution in [0.1, 0.15) is 32.8 Å². The van der Waals surface area contributed by atoms with Crippen LogP contribution in [0.2, 0.25) is 0 Å². The smallest absolute Gasteiger partial charge is 0.225 e. The normalized spacial score (nSPS) is 12.0. The van der Waals surface area contributed by atoms with Gasteiger partial charge in [-0.05, 0) is 29.2 Å². The molecule has 0 spiro atoms. The molecule has 1 amide bonds. The molecule has 5 heteroatoms. The van der Waals surface area contributed by atoms with Gasteiger partial charge in [-0.1, -0.05) is 57.2 Å². The van der Waals surface area contributed by atoms with E-state index in [1.807, 2.05) is 24.3 Å². The molecule has 0 saturated heterocycles. The van der Waals surface area contributed by atoms with Crippen molar-refractivity contribution in [2.75, 3.05) is 11.1 Å². The zero-order chi connectivity index (χ0) is 17.8. The van der Waals surface area contributed by atoms with Crippen LogP contribution in [0.5, 0.6) is 0 Å². The lowest BCUT2D eigenvalue weighted by Gasteiger charge is -2.23. The summed E-state index contributed by atoms with van der Waals surface area (Å²) in [6.07, 6.45) is -0.0737. The summed E-state index contributed by atoms with van der Waals surface area (Å²) in [7, 11) is -3.45. The van der Waals surface area contributed by atoms with Crippen LogP contribution in [-0.4, -0.2) is 20.1 Å². The van der Waals surface area contributed by atoms with Gasteiger partial charge >= 0.3 is 0 Å². The molecule has 0 aliphatic carbocycles. The number of sulfone groups is 1. The SMILES string of the molecule is CC(C)(C)c1ccccc1NC(=O)CCS(=O)(=O)c1ccccc1. The van der Waals surface area contributed by atoms with Gasteiger partial charge in [0.1, 0.15) is 0 Å². The highest BCUT2D eigenvalue weighted by molar-refractivity contribution is 7.91. The summed E-state index contributed by atoms with van der Waals surface area (Å²) in [4.78, 5) is 12.4. The van der Waals surface area contributed by atoms with E-state index in [0.29, 0.717) is 0 Å². The Morgan fingerprint density at radius 3 is 2.17 bits per heavy atom. The van der Waals surface area contributed by atoms with Crippen LogP contribution in [0.25, 0.3) is 0 Å². The van der Waals surface area contributed by atoms with Gasteiger partial charge in [-0.2, -0.15) is 0 Å². The minimum absolute atomic E-state index is 0.0737. The molecule has 0 aliphatic rings. The van der Waals surface area contributed by atoms with E-state index in [-0.39, 0.29) is 28.4 Å². The number of nitrogens with one attached hydrogen (secondary N) is 1. The highest BCUT2D eigenvalue weighted by Crippen LogP contribution is 2.29. The molecule has 1 N–H and O–H groups in total. The van der Waals surface area contributed by atoms with E-state index in [1.54, 1.807) is 30.3 Å². The Hall–Kier alpha value is -2.14. The number of carbonyl (C=O) groups excluding carboxylic acids is 1. The lowest BCUT2D eigenvalue weighted by Crippen LogP contribution is -2.20. The van der Waals surface area contributed by atoms with Crippen molar-refractivity contribution in [3.63, 3.8) is 0 Å². The van der Waals surface area contributed by atoms with E-state index in [9.17, 15) is 13.2 Å². The van der Waals surface area contributed by atoms with Crippen LogP contribution in [0, 0.1) is 0 Å². The Morgan fingerprint density at radius 2 is 1.54 bits per heavy atom. The molecule has 0 atom stereocenters. The molecule has 0 bridgehead atoms. The van der Waals surface area contributed by atoms with Gasteiger partial charge in [0, 0.05) is 12.1 Å². The number of amides is 1.